The molecule has 1 N–H and O–H groups in total. The normalized spacial score (nSPS) is 17.9. The molecule has 3 aliphatic heterocycles. The molecule has 0 aromatic heterocycles. The van der Waals surface area contributed by atoms with E-state index in [4.69, 9.17) is 37.9 Å². The summed E-state index contributed by atoms with van der Waals surface area (Å²) in [6.45, 7) is 19.7. The molecular formula is C75H105N2O15PS3. The molecule has 17 nitrogen and oxygen atoms in total. The maximum absolute atomic E-state index is 13.4. The molecule has 3 aliphatic rings. The van der Waals surface area contributed by atoms with E-state index in [-0.39, 0.29) is 37.1 Å². The van der Waals surface area contributed by atoms with Gasteiger partial charge in [0.2, 0.25) is 0 Å². The van der Waals surface area contributed by atoms with Gasteiger partial charge in [-0.2, -0.15) is 0 Å². The first-order valence-electron chi connectivity index (χ1n) is 33.2. The van der Waals surface area contributed by atoms with Gasteiger partial charge in [-0.25, -0.2) is 9.59 Å². The van der Waals surface area contributed by atoms with Crippen molar-refractivity contribution in [2.45, 2.75) is 176 Å². The highest BCUT2D eigenvalue weighted by Gasteiger charge is 2.51. The molecule has 528 valence electrons. The van der Waals surface area contributed by atoms with Gasteiger partial charge in [-0.1, -0.05) is 113 Å². The van der Waals surface area contributed by atoms with Gasteiger partial charge >= 0.3 is 23.9 Å². The Bertz CT molecular complexity index is 3040. The summed E-state index contributed by atoms with van der Waals surface area (Å²) in [4.78, 5) is 82.3. The number of aliphatic hydroxyl groups excluding tert-OH is 1. The van der Waals surface area contributed by atoms with Crippen LogP contribution in [0.4, 0.5) is 0 Å². The maximum Gasteiger partial charge on any atom is 0.329 e. The van der Waals surface area contributed by atoms with Crippen molar-refractivity contribution < 1.29 is 71.8 Å². The lowest BCUT2D eigenvalue weighted by molar-refractivity contribution is -0.159. The standard InChI is InChI=1S/C26H31NO6S.C19H25NO6.C14H14O2S2.C12H27P.C4H8O/c1-26(2,3)33-22(28)15-18-21(34-20-14-10-9-13-19(20)31-4)16-27(23(18)25(30)32-5)24(29)17-11-7-6-8-12-17;1-19(2,3)26-15(22)10-13-14(21)11-20(16(13)18(24)25-4)17(23)12-8-6-5-7-9-12;1-15-11-7-3-5-9-13(11)17-18-14-10-6-4-8-12(14)16-2;1-4-7-10-13(11-8-5-2)12-9-6-3;1-2-4-5-3-1/h6-14,18,21,23H,15-16H2,1-5H3;5-9,13-14,16,21H,10-11H2,1-4H3;3-10H,1-2H3;4-12H2,1-3H3;1-4H2/t18-,21-,23-;13-,14+,16-;;;/m00.../s1. The molecule has 5 aromatic carbocycles. The van der Waals surface area contributed by atoms with Crippen molar-refractivity contribution in [1.29, 1.82) is 0 Å². The van der Waals surface area contributed by atoms with Crippen LogP contribution in [-0.4, -0.2) is 166 Å². The van der Waals surface area contributed by atoms with Crippen molar-refractivity contribution in [2.75, 3.05) is 80.3 Å². The fourth-order valence-electron chi connectivity index (χ4n) is 10.6. The molecule has 0 unspecified atom stereocenters. The van der Waals surface area contributed by atoms with Gasteiger partial charge in [0.1, 0.15) is 40.5 Å². The van der Waals surface area contributed by atoms with E-state index >= 15 is 0 Å². The molecule has 0 spiro atoms. The minimum Gasteiger partial charge on any atom is -0.496 e. The quantitative estimate of drug-likeness (QED) is 0.0250. The Hall–Kier alpha value is -6.28. The van der Waals surface area contributed by atoms with Crippen LogP contribution in [0.1, 0.15) is 147 Å². The van der Waals surface area contributed by atoms with Gasteiger partial charge in [0.05, 0.1) is 64.3 Å². The van der Waals surface area contributed by atoms with E-state index in [0.29, 0.717) is 24.8 Å². The molecule has 0 aliphatic carbocycles. The number of β-amino-alcohol motifs (C(OH)–C–C–N with tert-alkyl or cyclic N) is 1. The number of unbranched alkanes of at least 4 members (excludes halogenated alkanes) is 3. The lowest BCUT2D eigenvalue weighted by Crippen LogP contribution is -2.44. The highest BCUT2D eigenvalue weighted by molar-refractivity contribution is 8.76. The lowest BCUT2D eigenvalue weighted by Gasteiger charge is -2.27. The van der Waals surface area contributed by atoms with Crippen molar-refractivity contribution in [3.05, 3.63) is 145 Å². The highest BCUT2D eigenvalue weighted by Crippen LogP contribution is 2.46. The zero-order valence-corrected chi connectivity index (χ0v) is 62.3. The molecular weight excluding hydrogens is 1300 g/mol. The Balaban J connectivity index is 0.000000279. The molecule has 21 heteroatoms. The Morgan fingerprint density at radius 2 is 0.854 bits per heavy atom. The third kappa shape index (κ3) is 28.3. The van der Waals surface area contributed by atoms with Crippen LogP contribution in [0, 0.1) is 11.8 Å². The number of carbonyl (C=O) groups excluding carboxylic acids is 6. The third-order valence-electron chi connectivity index (χ3n) is 15.3. The van der Waals surface area contributed by atoms with Gasteiger partial charge in [-0.15, -0.1) is 19.7 Å². The molecule has 2 amide bonds. The van der Waals surface area contributed by atoms with Gasteiger partial charge < -0.3 is 52.8 Å². The van der Waals surface area contributed by atoms with Crippen LogP contribution in [0.3, 0.4) is 0 Å². The lowest BCUT2D eigenvalue weighted by atomic mass is 9.94. The van der Waals surface area contributed by atoms with Gasteiger partial charge in [-0.3, -0.25) is 19.2 Å². The van der Waals surface area contributed by atoms with E-state index in [2.05, 4.69) is 20.8 Å². The van der Waals surface area contributed by atoms with Gasteiger partial charge in [0.15, 0.2) is 0 Å². The van der Waals surface area contributed by atoms with Crippen LogP contribution >= 0.6 is 41.3 Å². The summed E-state index contributed by atoms with van der Waals surface area (Å²) >= 11 is 1.48. The van der Waals surface area contributed by atoms with E-state index in [0.717, 1.165) is 39.4 Å². The number of nitrogens with zero attached hydrogens (tertiary/aromatic N) is 2. The molecule has 3 fully saturated rings. The van der Waals surface area contributed by atoms with Crippen LogP contribution in [0.25, 0.3) is 0 Å². The summed E-state index contributed by atoms with van der Waals surface area (Å²) in [5, 5.41) is 10.1. The molecule has 96 heavy (non-hydrogen) atoms. The van der Waals surface area contributed by atoms with Crippen LogP contribution < -0.4 is 14.2 Å². The zero-order chi connectivity index (χ0) is 70.6. The summed E-state index contributed by atoms with van der Waals surface area (Å²) in [5.74, 6) is -1.69. The van der Waals surface area contributed by atoms with Crippen LogP contribution in [0.15, 0.2) is 148 Å². The fourth-order valence-corrected chi connectivity index (χ4v) is 17.3. The second-order valence-electron chi connectivity index (χ2n) is 25.1. The number of benzene rings is 5. The van der Waals surface area contributed by atoms with Gasteiger partial charge in [-0.05, 0) is 174 Å². The fraction of sp³-hybridized carbons (Fsp3) is 0.520. The summed E-state index contributed by atoms with van der Waals surface area (Å²) in [7, 11) is 11.2. The minimum atomic E-state index is -1.05. The number of thioether (sulfide) groups is 1. The number of amides is 2. The number of likely N-dealkylation sites (tertiary alicyclic amines) is 2. The van der Waals surface area contributed by atoms with E-state index in [1.54, 1.807) is 158 Å². The summed E-state index contributed by atoms with van der Waals surface area (Å²) in [5.41, 5.74) is -0.482. The van der Waals surface area contributed by atoms with E-state index < -0.39 is 71.0 Å². The van der Waals surface area contributed by atoms with E-state index in [1.807, 2.05) is 78.9 Å². The molecule has 3 saturated heterocycles. The first-order valence-corrected chi connectivity index (χ1v) is 38.1. The number of hydrogen-bond acceptors (Lipinski definition) is 18. The second kappa shape index (κ2) is 43.9. The summed E-state index contributed by atoms with van der Waals surface area (Å²) in [6.07, 6.45) is 14.5. The second-order valence-corrected chi connectivity index (χ2v) is 31.2. The summed E-state index contributed by atoms with van der Waals surface area (Å²) in [6, 6.07) is 38.8. The van der Waals surface area contributed by atoms with E-state index in [1.165, 1.54) is 87.1 Å². The molecule has 0 bridgehead atoms. The smallest absolute Gasteiger partial charge is 0.329 e. The molecule has 5 aromatic rings. The van der Waals surface area contributed by atoms with Gasteiger partial charge in [0, 0.05) is 59.4 Å². The molecule has 3 heterocycles. The number of hydrogen-bond donors (Lipinski definition) is 1. The summed E-state index contributed by atoms with van der Waals surface area (Å²) < 4.78 is 41.8. The number of esters is 4. The Kier molecular flexibility index (Phi) is 37.6. The number of carbonyl (C=O) groups is 6. The first-order chi connectivity index (χ1) is 46.0. The largest absolute Gasteiger partial charge is 0.496 e. The Labute approximate surface area is 585 Å². The topological polar surface area (TPSA) is 203 Å². The monoisotopic (exact) mass is 1400 g/mol. The Morgan fingerprint density at radius 3 is 1.22 bits per heavy atom. The van der Waals surface area contributed by atoms with Gasteiger partial charge in [0.25, 0.3) is 11.8 Å². The number of para-hydroxylation sites is 3. The molecule has 6 atom stereocenters. The number of ether oxygens (including phenoxy) is 8. The zero-order valence-electron chi connectivity index (χ0n) is 58.9. The van der Waals surface area contributed by atoms with Crippen LogP contribution in [-0.2, 0) is 42.9 Å². The molecule has 0 radical (unpaired) electrons. The maximum atomic E-state index is 13.4. The molecule has 8 rings (SSSR count). The van der Waals surface area contributed by atoms with Crippen LogP contribution in [0.5, 0.6) is 17.2 Å². The van der Waals surface area contributed by atoms with Crippen molar-refractivity contribution in [3.8, 4) is 17.2 Å². The Morgan fingerprint density at radius 1 is 0.500 bits per heavy atom. The number of methoxy groups -OCH3 is 5. The predicted octanol–water partition coefficient (Wildman–Crippen LogP) is 15.8. The number of rotatable bonds is 25. The van der Waals surface area contributed by atoms with Crippen LogP contribution in [0.2, 0.25) is 0 Å². The highest BCUT2D eigenvalue weighted by atomic mass is 33.1. The SMILES string of the molecule is C1CCOC1.CCCCP(CCCC)CCCC.COC(=O)[C@@H]1[C@@H](CC(=O)OC(C)(C)C)[C@@H](Sc2ccccc2OC)CN1C(=O)c1ccccc1.COC(=O)[C@@H]1[C@@H](CC(=O)OC(C)(C)C)[C@H](O)CN1C(=O)c1ccccc1.COc1ccccc1SSc1ccccc1OC. The first kappa shape index (κ1) is 82.1. The van der Waals surface area contributed by atoms with Crippen molar-refractivity contribution in [2.24, 2.45) is 11.8 Å². The third-order valence-corrected chi connectivity index (χ3v) is 22.0. The average molecular weight is 1400 g/mol. The van der Waals surface area contributed by atoms with Crippen molar-refractivity contribution in [3.63, 3.8) is 0 Å². The van der Waals surface area contributed by atoms with Crippen molar-refractivity contribution >= 4 is 77.0 Å². The molecule has 0 saturated carbocycles. The minimum absolute atomic E-state index is 0.0254. The van der Waals surface area contributed by atoms with E-state index in [9.17, 15) is 33.9 Å². The predicted molar refractivity (Wildman–Crippen MR) is 387 cm³/mol. The number of aliphatic hydroxyl groups is 1. The van der Waals surface area contributed by atoms with Crippen molar-refractivity contribution in [1.82, 2.24) is 9.80 Å². The average Bonchev–Trinajstić information content (AvgIpc) is 1.64.